The van der Waals surface area contributed by atoms with Crippen LogP contribution in [0.2, 0.25) is 0 Å². The van der Waals surface area contributed by atoms with E-state index in [1.54, 1.807) is 0 Å². The first-order valence-corrected chi connectivity index (χ1v) is 7.83. The van der Waals surface area contributed by atoms with E-state index in [4.69, 9.17) is 10.3 Å². The van der Waals surface area contributed by atoms with E-state index in [1.165, 1.54) is 0 Å². The van der Waals surface area contributed by atoms with Gasteiger partial charge in [-0.15, -0.1) is 0 Å². The molecule has 3 rings (SSSR count). The lowest BCUT2D eigenvalue weighted by molar-refractivity contribution is -0.345. The predicted molar refractivity (Wildman–Crippen MR) is 64.5 cm³/mol. The van der Waals surface area contributed by atoms with E-state index in [0.29, 0.717) is 6.54 Å². The number of primary amides is 1. The molecule has 3 aliphatic heterocycles. The Morgan fingerprint density at radius 3 is 2.37 bits per heavy atom. The van der Waals surface area contributed by atoms with Crippen molar-refractivity contribution >= 4 is 13.7 Å². The Kier molecular flexibility index (Phi) is 4.02. The largest absolute Gasteiger partial charge is 0.486 e. The Bertz CT molecular complexity index is 407. The van der Waals surface area contributed by atoms with E-state index >= 15 is 0 Å². The third kappa shape index (κ3) is 2.44. The summed E-state index contributed by atoms with van der Waals surface area (Å²) < 4.78 is 25.6. The molecule has 0 aromatic rings. The monoisotopic (exact) mass is 294 g/mol. The van der Waals surface area contributed by atoms with Crippen LogP contribution in [0.15, 0.2) is 0 Å². The predicted octanol–water partition coefficient (Wildman–Crippen LogP) is 0.559. The van der Waals surface area contributed by atoms with Crippen molar-refractivity contribution in [1.82, 2.24) is 5.32 Å². The molecule has 1 amide bonds. The number of aliphatic hydroxyl groups is 1. The topological polar surface area (TPSA) is 120 Å². The molecule has 0 radical (unpaired) electrons. The highest BCUT2D eigenvalue weighted by Gasteiger charge is 2.82. The summed E-state index contributed by atoms with van der Waals surface area (Å²) in [5.74, 6) is -3.42. The van der Waals surface area contributed by atoms with Gasteiger partial charge in [0.05, 0.1) is 0 Å². The molecule has 2 bridgehead atoms. The van der Waals surface area contributed by atoms with Crippen molar-refractivity contribution in [2.24, 2.45) is 5.73 Å². The van der Waals surface area contributed by atoms with Gasteiger partial charge in [0, 0.05) is 0 Å². The van der Waals surface area contributed by atoms with E-state index < -0.39 is 25.4 Å². The first-order valence-electron chi connectivity index (χ1n) is 6.37. The lowest BCUT2D eigenvalue weighted by Crippen LogP contribution is -2.68. The van der Waals surface area contributed by atoms with Gasteiger partial charge in [0.25, 0.3) is 11.6 Å². The molecule has 4 N–H and O–H groups in total. The maximum Gasteiger partial charge on any atom is 0.486 e. The van der Waals surface area contributed by atoms with Crippen molar-refractivity contribution < 1.29 is 28.0 Å². The molecular formula is C10H19N2O6P. The second-order valence-corrected chi connectivity index (χ2v) is 6.13. The number of phosphoric ester groups is 1. The van der Waals surface area contributed by atoms with Gasteiger partial charge >= 0.3 is 13.8 Å². The molecule has 1 atom stereocenters. The van der Waals surface area contributed by atoms with Crippen LogP contribution < -0.4 is 11.1 Å². The van der Waals surface area contributed by atoms with Crippen molar-refractivity contribution in [3.05, 3.63) is 0 Å². The molecule has 19 heavy (non-hydrogen) atoms. The Morgan fingerprint density at radius 2 is 1.89 bits per heavy atom. The average molecular weight is 294 g/mol. The average Bonchev–Trinajstić information content (AvgIpc) is 2.65. The number of amides is 1. The van der Waals surface area contributed by atoms with E-state index in [-0.39, 0.29) is 0 Å². The quantitative estimate of drug-likeness (QED) is 0.442. The fourth-order valence-electron chi connectivity index (χ4n) is 2.13. The highest BCUT2D eigenvalue weighted by atomic mass is 31.2. The highest BCUT2D eigenvalue weighted by Crippen LogP contribution is 2.75. The Balaban J connectivity index is 1.89. The van der Waals surface area contributed by atoms with Crippen molar-refractivity contribution in [3.8, 4) is 0 Å². The fourth-order valence-corrected chi connectivity index (χ4v) is 3.68. The number of hydrogen-bond acceptors (Lipinski definition) is 7. The maximum atomic E-state index is 11.5. The summed E-state index contributed by atoms with van der Waals surface area (Å²) in [5.41, 5.74) is 3.10. The van der Waals surface area contributed by atoms with Crippen molar-refractivity contribution in [3.63, 3.8) is 0 Å². The van der Waals surface area contributed by atoms with Crippen LogP contribution in [0.5, 0.6) is 0 Å². The molecule has 0 aromatic carbocycles. The smallest absolute Gasteiger partial charge is 0.366 e. The number of unbranched alkanes of at least 4 members (excludes halogenated alkanes) is 4. The zero-order valence-corrected chi connectivity index (χ0v) is 11.7. The van der Waals surface area contributed by atoms with Gasteiger partial charge in [0.15, 0.2) is 0 Å². The Labute approximate surface area is 111 Å². The van der Waals surface area contributed by atoms with Gasteiger partial charge in [-0.2, -0.15) is 0 Å². The summed E-state index contributed by atoms with van der Waals surface area (Å²) in [7, 11) is -3.82. The number of nitrogens with one attached hydrogen (secondary N) is 1. The van der Waals surface area contributed by atoms with Crippen LogP contribution in [0.25, 0.3) is 0 Å². The number of rotatable bonds is 8. The van der Waals surface area contributed by atoms with Gasteiger partial charge in [-0.3, -0.25) is 10.1 Å². The number of nitrogens with two attached hydrogens (primary N) is 1. The number of fused-ring (bicyclic) bond motifs is 1. The molecule has 0 aromatic heterocycles. The van der Waals surface area contributed by atoms with E-state index in [1.807, 2.05) is 0 Å². The number of carbonyl (C=O) groups excluding carboxylic acids is 1. The Hall–Kier alpha value is -0.500. The van der Waals surface area contributed by atoms with Gasteiger partial charge < -0.3 is 10.8 Å². The second kappa shape index (κ2) is 5.12. The van der Waals surface area contributed by atoms with Crippen LogP contribution >= 0.6 is 7.82 Å². The molecule has 8 nitrogen and oxygen atoms in total. The van der Waals surface area contributed by atoms with Crippen molar-refractivity contribution in [2.75, 3.05) is 6.54 Å². The molecule has 0 aliphatic carbocycles. The van der Waals surface area contributed by atoms with Crippen LogP contribution in [-0.4, -0.2) is 29.3 Å². The minimum Gasteiger partial charge on any atom is -0.366 e. The third-order valence-electron chi connectivity index (χ3n) is 3.17. The molecule has 0 unspecified atom stereocenters. The first-order chi connectivity index (χ1) is 8.88. The third-order valence-corrected chi connectivity index (χ3v) is 4.61. The normalized spacial score (nSPS) is 40.1. The van der Waals surface area contributed by atoms with Crippen LogP contribution in [-0.2, 0) is 22.9 Å². The molecular weight excluding hydrogens is 275 g/mol. The summed E-state index contributed by atoms with van der Waals surface area (Å²) >= 11 is 0. The Morgan fingerprint density at radius 1 is 1.26 bits per heavy atom. The second-order valence-electron chi connectivity index (χ2n) is 4.69. The SMILES string of the molecule is CCCCCCCN[C@]1(C(N)=O)OP2(=O)OC1(O)O2. The van der Waals surface area contributed by atoms with Crippen LogP contribution in [0.1, 0.15) is 39.0 Å². The molecule has 3 heterocycles. The van der Waals surface area contributed by atoms with Gasteiger partial charge in [-0.1, -0.05) is 32.6 Å². The number of phosphoric acid groups is 1. The van der Waals surface area contributed by atoms with Crippen LogP contribution in [0, 0.1) is 0 Å². The minimum absolute atomic E-state index is 0.363. The molecule has 3 fully saturated rings. The molecule has 0 saturated carbocycles. The zero-order valence-electron chi connectivity index (χ0n) is 10.8. The number of carbonyl (C=O) groups is 1. The molecule has 3 aliphatic rings. The molecule has 3 saturated heterocycles. The lowest BCUT2D eigenvalue weighted by Gasteiger charge is -2.34. The summed E-state index contributed by atoms with van der Waals surface area (Å²) in [6, 6.07) is 0. The maximum absolute atomic E-state index is 11.5. The van der Waals surface area contributed by atoms with E-state index in [2.05, 4.69) is 21.3 Å². The van der Waals surface area contributed by atoms with Crippen LogP contribution in [0.4, 0.5) is 0 Å². The summed E-state index contributed by atoms with van der Waals surface area (Å²) in [4.78, 5) is 11.5. The van der Waals surface area contributed by atoms with E-state index in [0.717, 1.165) is 32.1 Å². The minimum atomic E-state index is -3.82. The van der Waals surface area contributed by atoms with Crippen molar-refractivity contribution in [1.29, 1.82) is 0 Å². The fraction of sp³-hybridized carbons (Fsp3) is 0.900. The molecule has 9 heteroatoms. The van der Waals surface area contributed by atoms with Gasteiger partial charge in [-0.25, -0.2) is 18.1 Å². The molecule has 0 spiro atoms. The standard InChI is InChI=1S/C10H19N2O6P/c1-2-3-4-5-6-7-12-9(8(11)13)10(14)17-19(15,16-9)18-10/h12,14H,2-7H2,1H3,(H2,11,13)/t9-,10?,19?/m1/s1. The van der Waals surface area contributed by atoms with Gasteiger partial charge in [0.1, 0.15) is 0 Å². The highest BCUT2D eigenvalue weighted by molar-refractivity contribution is 7.50. The first kappa shape index (κ1) is 14.9. The lowest BCUT2D eigenvalue weighted by atomic mass is 10.1. The van der Waals surface area contributed by atoms with Gasteiger partial charge in [-0.05, 0) is 13.0 Å². The summed E-state index contributed by atoms with van der Waals surface area (Å²) in [6.45, 7) is 2.48. The van der Waals surface area contributed by atoms with Crippen molar-refractivity contribution in [2.45, 2.75) is 50.7 Å². The van der Waals surface area contributed by atoms with E-state index in [9.17, 15) is 14.5 Å². The summed E-state index contributed by atoms with van der Waals surface area (Å²) in [6.07, 6.45) is 5.08. The van der Waals surface area contributed by atoms with Crippen LogP contribution in [0.3, 0.4) is 0 Å². The zero-order chi connectivity index (χ0) is 14.1. The molecule has 110 valence electrons. The number of hydrogen-bond donors (Lipinski definition) is 3. The summed E-state index contributed by atoms with van der Waals surface area (Å²) in [5, 5.41) is 12.5. The van der Waals surface area contributed by atoms with Gasteiger partial charge in [0.2, 0.25) is 0 Å².